The van der Waals surface area contributed by atoms with Crippen LogP contribution in [0.5, 0.6) is 0 Å². The van der Waals surface area contributed by atoms with E-state index in [1.54, 1.807) is 6.07 Å². The normalized spacial score (nSPS) is 26.1. The molecule has 1 N–H and O–H groups in total. The van der Waals surface area contributed by atoms with E-state index in [1.165, 1.54) is 12.3 Å². The van der Waals surface area contributed by atoms with Gasteiger partial charge in [0.1, 0.15) is 5.82 Å². The summed E-state index contributed by atoms with van der Waals surface area (Å²) in [5, 5.41) is 9.51. The highest BCUT2D eigenvalue weighted by Gasteiger charge is 2.57. The molecule has 2 saturated carbocycles. The molecule has 0 unspecified atom stereocenters. The Morgan fingerprint density at radius 2 is 1.83 bits per heavy atom. The monoisotopic (exact) mass is 407 g/mol. The van der Waals surface area contributed by atoms with Gasteiger partial charge >= 0.3 is 12.1 Å². The minimum atomic E-state index is -4.66. The zero-order chi connectivity index (χ0) is 20.9. The number of aliphatic carboxylic acids is 1. The lowest BCUT2D eigenvalue weighted by Crippen LogP contribution is -2.25. The van der Waals surface area contributed by atoms with Crippen LogP contribution >= 0.6 is 0 Å². The summed E-state index contributed by atoms with van der Waals surface area (Å²) < 4.78 is 53.8. The van der Waals surface area contributed by atoms with E-state index in [0.717, 1.165) is 37.5 Å². The first kappa shape index (κ1) is 19.9. The van der Waals surface area contributed by atoms with Gasteiger partial charge in [-0.25, -0.2) is 4.39 Å². The number of benzene rings is 1. The maximum Gasteiger partial charge on any atom is 0.417 e. The van der Waals surface area contributed by atoms with Gasteiger partial charge in [-0.1, -0.05) is 12.1 Å². The van der Waals surface area contributed by atoms with Gasteiger partial charge in [0.2, 0.25) is 0 Å². The number of carboxylic acids is 1. The molecule has 2 aliphatic carbocycles. The van der Waals surface area contributed by atoms with Crippen LogP contribution in [-0.4, -0.2) is 16.1 Å². The summed E-state index contributed by atoms with van der Waals surface area (Å²) in [6.07, 6.45) is 1.95. The van der Waals surface area contributed by atoms with Crippen LogP contribution in [0.1, 0.15) is 49.8 Å². The molecular weight excluding hydrogens is 386 g/mol. The first-order valence-electron chi connectivity index (χ1n) is 9.69. The van der Waals surface area contributed by atoms with Crippen molar-refractivity contribution in [3.63, 3.8) is 0 Å². The van der Waals surface area contributed by atoms with Crippen molar-refractivity contribution in [1.82, 2.24) is 4.98 Å². The van der Waals surface area contributed by atoms with Crippen molar-refractivity contribution in [2.24, 2.45) is 10.8 Å². The molecule has 7 heteroatoms. The number of pyridine rings is 1. The predicted octanol–water partition coefficient (Wildman–Crippen LogP) is 5.87. The molecule has 2 aliphatic rings. The van der Waals surface area contributed by atoms with Crippen molar-refractivity contribution < 1.29 is 27.5 Å². The lowest BCUT2D eigenvalue weighted by Gasteiger charge is -2.26. The Bertz CT molecular complexity index is 929. The van der Waals surface area contributed by atoms with Crippen LogP contribution in [0.25, 0.3) is 11.1 Å². The summed E-state index contributed by atoms with van der Waals surface area (Å²) in [6.45, 7) is 0. The van der Waals surface area contributed by atoms with Gasteiger partial charge in [0.05, 0.1) is 11.0 Å². The highest BCUT2D eigenvalue weighted by molar-refractivity contribution is 5.76. The number of carboxylic acid groups (broad SMARTS) is 1. The fourth-order valence-electron chi connectivity index (χ4n) is 5.13. The second kappa shape index (κ2) is 6.82. The zero-order valence-corrected chi connectivity index (χ0v) is 15.7. The van der Waals surface area contributed by atoms with Crippen LogP contribution in [0.2, 0.25) is 0 Å². The number of rotatable bonds is 5. The minimum Gasteiger partial charge on any atom is -0.481 e. The molecule has 0 aliphatic heterocycles. The average Bonchev–Trinajstić information content (AvgIpc) is 3.24. The van der Waals surface area contributed by atoms with E-state index < -0.39 is 34.5 Å². The summed E-state index contributed by atoms with van der Waals surface area (Å²) in [7, 11) is 0. The van der Waals surface area contributed by atoms with Crippen LogP contribution in [-0.2, 0) is 17.4 Å². The van der Waals surface area contributed by atoms with Gasteiger partial charge in [-0.05, 0) is 68.6 Å². The Kier molecular flexibility index (Phi) is 4.67. The molecule has 0 amide bonds. The molecule has 29 heavy (non-hydrogen) atoms. The molecular formula is C22H21F4NO2. The van der Waals surface area contributed by atoms with Crippen molar-refractivity contribution in [3.05, 3.63) is 53.6 Å². The highest BCUT2D eigenvalue weighted by Crippen LogP contribution is 2.63. The SMILES string of the molecule is O=C(O)C12CCC(CCc3ccc(-c4c(F)cccc4C(F)(F)F)cn3)(CC1)C2. The van der Waals surface area contributed by atoms with E-state index in [-0.39, 0.29) is 11.0 Å². The van der Waals surface area contributed by atoms with Gasteiger partial charge in [0.15, 0.2) is 0 Å². The Morgan fingerprint density at radius 3 is 2.38 bits per heavy atom. The van der Waals surface area contributed by atoms with E-state index in [1.807, 2.05) is 0 Å². The summed E-state index contributed by atoms with van der Waals surface area (Å²) in [6, 6.07) is 6.02. The van der Waals surface area contributed by atoms with Crippen molar-refractivity contribution in [3.8, 4) is 11.1 Å². The highest BCUT2D eigenvalue weighted by atomic mass is 19.4. The fourth-order valence-corrected chi connectivity index (χ4v) is 5.13. The average molecular weight is 407 g/mol. The maximum atomic E-state index is 14.1. The zero-order valence-electron chi connectivity index (χ0n) is 15.7. The van der Waals surface area contributed by atoms with Crippen LogP contribution < -0.4 is 0 Å². The molecule has 154 valence electrons. The first-order chi connectivity index (χ1) is 13.6. The second-order valence-corrected chi connectivity index (χ2v) is 8.46. The quantitative estimate of drug-likeness (QED) is 0.630. The van der Waals surface area contributed by atoms with Gasteiger partial charge < -0.3 is 5.11 Å². The molecule has 2 fully saturated rings. The van der Waals surface area contributed by atoms with E-state index in [2.05, 4.69) is 4.98 Å². The van der Waals surface area contributed by atoms with E-state index in [9.17, 15) is 27.5 Å². The van der Waals surface area contributed by atoms with Gasteiger partial charge in [0.25, 0.3) is 0 Å². The third kappa shape index (κ3) is 3.51. The summed E-state index contributed by atoms with van der Waals surface area (Å²) >= 11 is 0. The smallest absolute Gasteiger partial charge is 0.417 e. The largest absolute Gasteiger partial charge is 0.481 e. The Hall–Kier alpha value is -2.44. The maximum absolute atomic E-state index is 14.1. The molecule has 2 bridgehead atoms. The minimum absolute atomic E-state index is 0.0216. The molecule has 1 aromatic carbocycles. The lowest BCUT2D eigenvalue weighted by molar-refractivity contribution is -0.148. The van der Waals surface area contributed by atoms with E-state index in [0.29, 0.717) is 31.4 Å². The van der Waals surface area contributed by atoms with Crippen molar-refractivity contribution in [1.29, 1.82) is 0 Å². The number of halogens is 4. The number of alkyl halides is 3. The number of fused-ring (bicyclic) bond motifs is 2. The molecule has 0 saturated heterocycles. The Balaban J connectivity index is 1.50. The number of carbonyl (C=O) groups is 1. The second-order valence-electron chi connectivity index (χ2n) is 8.46. The van der Waals surface area contributed by atoms with Crippen molar-refractivity contribution in [2.75, 3.05) is 0 Å². The van der Waals surface area contributed by atoms with Gasteiger partial charge in [-0.3, -0.25) is 9.78 Å². The van der Waals surface area contributed by atoms with Crippen molar-refractivity contribution in [2.45, 2.75) is 51.1 Å². The number of aromatic nitrogens is 1. The summed E-state index contributed by atoms with van der Waals surface area (Å²) in [5.74, 6) is -1.64. The molecule has 4 rings (SSSR count). The summed E-state index contributed by atoms with van der Waals surface area (Å²) in [5.41, 5.74) is -1.26. The van der Waals surface area contributed by atoms with Gasteiger partial charge in [-0.15, -0.1) is 0 Å². The standard InChI is InChI=1S/C22H21F4NO2/c23-17-3-1-2-16(22(24,25)26)18(17)14-4-5-15(27-12-14)6-7-20-8-10-21(13-20,11-9-20)19(28)29/h1-5,12H,6-11,13H2,(H,28,29). The number of hydrogen-bond acceptors (Lipinski definition) is 2. The molecule has 0 atom stereocenters. The van der Waals surface area contributed by atoms with Crippen LogP contribution in [0.15, 0.2) is 36.5 Å². The molecule has 3 nitrogen and oxygen atoms in total. The number of nitrogens with zero attached hydrogens (tertiary/aromatic N) is 1. The number of hydrogen-bond donors (Lipinski definition) is 1. The molecule has 1 aromatic heterocycles. The van der Waals surface area contributed by atoms with Gasteiger partial charge in [0, 0.05) is 23.0 Å². The number of aryl methyl sites for hydroxylation is 1. The lowest BCUT2D eigenvalue weighted by atomic mass is 9.79. The third-order valence-electron chi connectivity index (χ3n) is 6.78. The molecule has 2 aromatic rings. The third-order valence-corrected chi connectivity index (χ3v) is 6.78. The topological polar surface area (TPSA) is 50.2 Å². The van der Waals surface area contributed by atoms with E-state index >= 15 is 0 Å². The van der Waals surface area contributed by atoms with Crippen LogP contribution in [0.3, 0.4) is 0 Å². The molecule has 1 heterocycles. The van der Waals surface area contributed by atoms with Gasteiger partial charge in [-0.2, -0.15) is 13.2 Å². The Morgan fingerprint density at radius 1 is 1.10 bits per heavy atom. The summed E-state index contributed by atoms with van der Waals surface area (Å²) in [4.78, 5) is 15.8. The fraction of sp³-hybridized carbons (Fsp3) is 0.455. The predicted molar refractivity (Wildman–Crippen MR) is 98.5 cm³/mol. The Labute approximate surface area is 165 Å². The van der Waals surface area contributed by atoms with Crippen LogP contribution in [0, 0.1) is 16.6 Å². The first-order valence-corrected chi connectivity index (χ1v) is 9.69. The molecule has 0 radical (unpaired) electrons. The van der Waals surface area contributed by atoms with Crippen molar-refractivity contribution >= 4 is 5.97 Å². The van der Waals surface area contributed by atoms with Crippen LogP contribution in [0.4, 0.5) is 17.6 Å². The van der Waals surface area contributed by atoms with E-state index in [4.69, 9.17) is 0 Å². The molecule has 0 spiro atoms.